The first-order valence-corrected chi connectivity index (χ1v) is 8.24. The van der Waals surface area contributed by atoms with Crippen molar-refractivity contribution >= 4 is 17.6 Å². The molecule has 0 radical (unpaired) electrons. The average molecular weight is 303 g/mol. The molecule has 2 rings (SSSR count). The molecule has 0 bridgehead atoms. The summed E-state index contributed by atoms with van der Waals surface area (Å²) < 4.78 is 0. The molecule has 4 nitrogen and oxygen atoms in total. The Kier molecular flexibility index (Phi) is 5.99. The lowest BCUT2D eigenvalue weighted by Gasteiger charge is -2.27. The van der Waals surface area contributed by atoms with Gasteiger partial charge in [-0.15, -0.1) is 0 Å². The van der Waals surface area contributed by atoms with Crippen LogP contribution in [0.25, 0.3) is 0 Å². The van der Waals surface area contributed by atoms with Crippen molar-refractivity contribution in [2.75, 3.05) is 5.32 Å². The highest BCUT2D eigenvalue weighted by Crippen LogP contribution is 2.32. The maximum absolute atomic E-state index is 12.3. The summed E-state index contributed by atoms with van der Waals surface area (Å²) in [5.41, 5.74) is 0.900. The van der Waals surface area contributed by atoms with E-state index in [1.165, 1.54) is 31.4 Å². The summed E-state index contributed by atoms with van der Waals surface area (Å²) in [7, 11) is 0. The normalized spacial score (nSPS) is 21.3. The molecule has 22 heavy (non-hydrogen) atoms. The van der Waals surface area contributed by atoms with Gasteiger partial charge in [-0.1, -0.05) is 26.2 Å². The van der Waals surface area contributed by atoms with E-state index in [1.54, 1.807) is 12.1 Å². The lowest BCUT2D eigenvalue weighted by Crippen LogP contribution is -2.27. The Bertz CT molecular complexity index is 502. The zero-order valence-electron chi connectivity index (χ0n) is 13.2. The van der Waals surface area contributed by atoms with E-state index in [0.29, 0.717) is 5.69 Å². The highest BCUT2D eigenvalue weighted by molar-refractivity contribution is 5.93. The Labute approximate surface area is 131 Å². The Morgan fingerprint density at radius 1 is 1.14 bits per heavy atom. The van der Waals surface area contributed by atoms with E-state index in [-0.39, 0.29) is 17.4 Å². The summed E-state index contributed by atoms with van der Waals surface area (Å²) in [6, 6.07) is 6.32. The highest BCUT2D eigenvalue weighted by atomic mass is 16.4. The van der Waals surface area contributed by atoms with Crippen molar-refractivity contribution in [1.29, 1.82) is 0 Å². The molecular weight excluding hydrogens is 278 g/mol. The third kappa shape index (κ3) is 4.58. The lowest BCUT2D eigenvalue weighted by molar-refractivity contribution is -0.121. The Morgan fingerprint density at radius 3 is 2.32 bits per heavy atom. The number of nitrogens with one attached hydrogen (secondary N) is 1. The monoisotopic (exact) mass is 303 g/mol. The first-order chi connectivity index (χ1) is 10.6. The van der Waals surface area contributed by atoms with Gasteiger partial charge in [0.1, 0.15) is 0 Å². The Morgan fingerprint density at radius 2 is 1.77 bits per heavy atom. The van der Waals surface area contributed by atoms with Gasteiger partial charge in [-0.3, -0.25) is 4.79 Å². The molecule has 0 atom stereocenters. The first kappa shape index (κ1) is 16.5. The number of rotatable bonds is 6. The van der Waals surface area contributed by atoms with Crippen LogP contribution in [-0.2, 0) is 4.79 Å². The highest BCUT2D eigenvalue weighted by Gasteiger charge is 2.25. The van der Waals surface area contributed by atoms with Gasteiger partial charge in [0.05, 0.1) is 5.56 Å². The van der Waals surface area contributed by atoms with Gasteiger partial charge in [-0.05, 0) is 55.9 Å². The van der Waals surface area contributed by atoms with Gasteiger partial charge >= 0.3 is 5.97 Å². The topological polar surface area (TPSA) is 66.4 Å². The molecule has 1 fully saturated rings. The molecule has 4 heteroatoms. The second-order valence-electron chi connectivity index (χ2n) is 6.23. The van der Waals surface area contributed by atoms with E-state index >= 15 is 0 Å². The van der Waals surface area contributed by atoms with Crippen LogP contribution in [-0.4, -0.2) is 17.0 Å². The summed E-state index contributed by atoms with van der Waals surface area (Å²) in [5.74, 6) is -0.00354. The molecule has 0 spiro atoms. The number of carbonyl (C=O) groups is 2. The van der Waals surface area contributed by atoms with Crippen molar-refractivity contribution in [1.82, 2.24) is 0 Å². The number of hydrogen-bond acceptors (Lipinski definition) is 2. The summed E-state index contributed by atoms with van der Waals surface area (Å²) in [6.07, 6.45) is 8.05. The molecule has 0 saturated heterocycles. The van der Waals surface area contributed by atoms with Gasteiger partial charge in [0.15, 0.2) is 0 Å². The van der Waals surface area contributed by atoms with Crippen LogP contribution >= 0.6 is 0 Å². The maximum Gasteiger partial charge on any atom is 0.335 e. The molecule has 2 N–H and O–H groups in total. The number of amides is 1. The van der Waals surface area contributed by atoms with Gasteiger partial charge in [-0.2, -0.15) is 0 Å². The number of anilines is 1. The second kappa shape index (κ2) is 7.97. The quantitative estimate of drug-likeness (QED) is 0.822. The molecule has 1 aromatic rings. The molecule has 0 unspecified atom stereocenters. The zero-order chi connectivity index (χ0) is 15.9. The number of carboxylic acids is 1. The number of unbranched alkanes of at least 4 members (excludes halogenated alkanes) is 1. The van der Waals surface area contributed by atoms with Crippen LogP contribution in [0.1, 0.15) is 62.2 Å². The summed E-state index contributed by atoms with van der Waals surface area (Å²) in [6.45, 7) is 2.22. The minimum absolute atomic E-state index is 0.0667. The van der Waals surface area contributed by atoms with Crippen LogP contribution in [0.2, 0.25) is 0 Å². The molecule has 1 aliphatic carbocycles. The zero-order valence-corrected chi connectivity index (χ0v) is 13.2. The third-order valence-electron chi connectivity index (χ3n) is 4.58. The molecule has 0 aromatic heterocycles. The minimum atomic E-state index is -0.955. The first-order valence-electron chi connectivity index (χ1n) is 8.24. The van der Waals surface area contributed by atoms with Gasteiger partial charge in [0, 0.05) is 11.6 Å². The number of carbonyl (C=O) groups excluding carboxylic acids is 1. The molecule has 120 valence electrons. The van der Waals surface area contributed by atoms with Crippen LogP contribution in [0, 0.1) is 11.8 Å². The largest absolute Gasteiger partial charge is 0.478 e. The van der Waals surface area contributed by atoms with Gasteiger partial charge in [0.2, 0.25) is 5.91 Å². The molecule has 0 aliphatic heterocycles. The van der Waals surface area contributed by atoms with Crippen LogP contribution in [0.3, 0.4) is 0 Å². The van der Waals surface area contributed by atoms with Crippen LogP contribution in [0.15, 0.2) is 24.3 Å². The van der Waals surface area contributed by atoms with E-state index in [2.05, 4.69) is 12.2 Å². The molecule has 1 amide bonds. The van der Waals surface area contributed by atoms with Gasteiger partial charge in [0.25, 0.3) is 0 Å². The van der Waals surface area contributed by atoms with E-state index < -0.39 is 5.97 Å². The smallest absolute Gasteiger partial charge is 0.335 e. The SMILES string of the molecule is CCCCC1CCC(C(=O)Nc2ccc(C(=O)O)cc2)CC1. The predicted octanol–water partition coefficient (Wildman–Crippen LogP) is 4.32. The minimum Gasteiger partial charge on any atom is -0.478 e. The van der Waals surface area contributed by atoms with Crippen LogP contribution in [0.4, 0.5) is 5.69 Å². The summed E-state index contributed by atoms with van der Waals surface area (Å²) >= 11 is 0. The molecule has 1 saturated carbocycles. The summed E-state index contributed by atoms with van der Waals surface area (Å²) in [5, 5.41) is 11.8. The predicted molar refractivity (Wildman–Crippen MR) is 87.0 cm³/mol. The van der Waals surface area contributed by atoms with Gasteiger partial charge < -0.3 is 10.4 Å². The van der Waals surface area contributed by atoms with Crippen LogP contribution in [0.5, 0.6) is 0 Å². The van der Waals surface area contributed by atoms with Gasteiger partial charge in [-0.25, -0.2) is 4.79 Å². The maximum atomic E-state index is 12.3. The average Bonchev–Trinajstić information content (AvgIpc) is 2.54. The van der Waals surface area contributed by atoms with Crippen molar-refractivity contribution in [3.63, 3.8) is 0 Å². The standard InChI is InChI=1S/C18H25NO3/c1-2-3-4-13-5-7-14(8-6-13)17(20)19-16-11-9-15(10-12-16)18(21)22/h9-14H,2-8H2,1H3,(H,19,20)(H,21,22). The van der Waals surface area contributed by atoms with Crippen molar-refractivity contribution in [2.45, 2.75) is 51.9 Å². The Balaban J connectivity index is 1.81. The van der Waals surface area contributed by atoms with E-state index in [9.17, 15) is 9.59 Å². The van der Waals surface area contributed by atoms with Crippen molar-refractivity contribution in [2.24, 2.45) is 11.8 Å². The fourth-order valence-corrected chi connectivity index (χ4v) is 3.15. The second-order valence-corrected chi connectivity index (χ2v) is 6.23. The van der Waals surface area contributed by atoms with E-state index in [1.807, 2.05) is 0 Å². The number of carboxylic acid groups (broad SMARTS) is 1. The molecule has 0 heterocycles. The number of benzene rings is 1. The number of aromatic carboxylic acids is 1. The summed E-state index contributed by atoms with van der Waals surface area (Å²) in [4.78, 5) is 23.1. The number of hydrogen-bond donors (Lipinski definition) is 2. The van der Waals surface area contributed by atoms with E-state index in [0.717, 1.165) is 31.6 Å². The molecule has 1 aliphatic rings. The fourth-order valence-electron chi connectivity index (χ4n) is 3.15. The molecule has 1 aromatic carbocycles. The van der Waals surface area contributed by atoms with Crippen LogP contribution < -0.4 is 5.32 Å². The van der Waals surface area contributed by atoms with E-state index in [4.69, 9.17) is 5.11 Å². The van der Waals surface area contributed by atoms with Crippen molar-refractivity contribution < 1.29 is 14.7 Å². The van der Waals surface area contributed by atoms with Crippen molar-refractivity contribution in [3.05, 3.63) is 29.8 Å². The molecular formula is C18H25NO3. The third-order valence-corrected chi connectivity index (χ3v) is 4.58. The van der Waals surface area contributed by atoms with Crippen molar-refractivity contribution in [3.8, 4) is 0 Å². The lowest BCUT2D eigenvalue weighted by atomic mass is 9.79. The fraction of sp³-hybridized carbons (Fsp3) is 0.556. The Hall–Kier alpha value is -1.84.